The number of anilines is 1. The lowest BCUT2D eigenvalue weighted by Gasteiger charge is -2.43. The van der Waals surface area contributed by atoms with Crippen molar-refractivity contribution in [2.24, 2.45) is 11.8 Å². The van der Waals surface area contributed by atoms with Crippen LogP contribution in [0, 0.1) is 17.7 Å². The summed E-state index contributed by atoms with van der Waals surface area (Å²) < 4.78 is 14.0. The lowest BCUT2D eigenvalue weighted by atomic mass is 9.79. The smallest absolute Gasteiger partial charge is 0.244 e. The number of benzene rings is 1. The van der Waals surface area contributed by atoms with Crippen molar-refractivity contribution in [3.63, 3.8) is 0 Å². The molecule has 1 aromatic rings. The summed E-state index contributed by atoms with van der Waals surface area (Å²) in [6, 6.07) is 5.24. The van der Waals surface area contributed by atoms with Crippen molar-refractivity contribution in [1.29, 1.82) is 0 Å². The summed E-state index contributed by atoms with van der Waals surface area (Å²) in [7, 11) is 1.36. The van der Waals surface area contributed by atoms with Gasteiger partial charge in [-0.2, -0.15) is 0 Å². The normalized spacial score (nSPS) is 27.1. The summed E-state index contributed by atoms with van der Waals surface area (Å²) in [5.41, 5.74) is 3.63. The Kier molecular flexibility index (Phi) is 7.15. The number of nitrogens with one attached hydrogen (secondary N) is 1. The van der Waals surface area contributed by atoms with Crippen molar-refractivity contribution in [1.82, 2.24) is 10.4 Å². The van der Waals surface area contributed by atoms with Gasteiger partial charge in [-0.15, -0.1) is 0 Å². The standard InChI is InChI=1S/C25H36FN3O3/c1-16(2)17-4-7-19(8-5-17)28-12-10-20(11-13-28)29-23-9-6-18(26)14-21(23)22(25(29)31)15-24(30)27-32-3/h6,9,14,16-17,19-20,22H,4-5,7-8,10-13,15H2,1-3H3,(H,27,30)/t17-,19+,22?. The van der Waals surface area contributed by atoms with Crippen molar-refractivity contribution < 1.29 is 18.8 Å². The zero-order valence-electron chi connectivity index (χ0n) is 19.5. The van der Waals surface area contributed by atoms with Gasteiger partial charge >= 0.3 is 0 Å². The Morgan fingerprint density at radius 2 is 1.81 bits per heavy atom. The summed E-state index contributed by atoms with van der Waals surface area (Å²) >= 11 is 0. The number of nitrogens with zero attached hydrogens (tertiary/aromatic N) is 2. The van der Waals surface area contributed by atoms with E-state index in [1.807, 2.05) is 4.90 Å². The minimum absolute atomic E-state index is 0.0441. The van der Waals surface area contributed by atoms with Crippen LogP contribution in [0.25, 0.3) is 0 Å². The fraction of sp³-hybridized carbons (Fsp3) is 0.680. The van der Waals surface area contributed by atoms with Crippen LogP contribution >= 0.6 is 0 Å². The zero-order valence-corrected chi connectivity index (χ0v) is 19.5. The van der Waals surface area contributed by atoms with Crippen molar-refractivity contribution in [3.8, 4) is 0 Å². The van der Waals surface area contributed by atoms with Gasteiger partial charge in [0.05, 0.1) is 13.0 Å². The number of piperidine rings is 1. The predicted molar refractivity (Wildman–Crippen MR) is 122 cm³/mol. The lowest BCUT2D eigenvalue weighted by molar-refractivity contribution is -0.133. The van der Waals surface area contributed by atoms with Crippen molar-refractivity contribution >= 4 is 17.5 Å². The van der Waals surface area contributed by atoms with Gasteiger partial charge in [-0.1, -0.05) is 13.8 Å². The topological polar surface area (TPSA) is 61.9 Å². The molecule has 32 heavy (non-hydrogen) atoms. The van der Waals surface area contributed by atoms with E-state index in [1.165, 1.54) is 44.9 Å². The molecule has 2 aliphatic heterocycles. The molecule has 2 heterocycles. The molecule has 1 unspecified atom stereocenters. The van der Waals surface area contributed by atoms with Crippen LogP contribution in [0.15, 0.2) is 18.2 Å². The van der Waals surface area contributed by atoms with Gasteiger partial charge in [0.2, 0.25) is 11.8 Å². The number of likely N-dealkylation sites (tertiary alicyclic amines) is 1. The molecule has 1 N–H and O–H groups in total. The second-order valence-electron chi connectivity index (χ2n) is 9.98. The Hall–Kier alpha value is -1.99. The lowest BCUT2D eigenvalue weighted by Crippen LogP contribution is -2.50. The molecule has 6 nitrogen and oxygen atoms in total. The molecular formula is C25H36FN3O3. The van der Waals surface area contributed by atoms with Crippen LogP contribution in [0.5, 0.6) is 0 Å². The maximum absolute atomic E-state index is 14.0. The van der Waals surface area contributed by atoms with Crippen LogP contribution in [0.3, 0.4) is 0 Å². The van der Waals surface area contributed by atoms with Crippen LogP contribution < -0.4 is 10.4 Å². The molecule has 3 aliphatic rings. The van der Waals surface area contributed by atoms with Gasteiger partial charge in [0.25, 0.3) is 0 Å². The van der Waals surface area contributed by atoms with E-state index in [2.05, 4.69) is 29.1 Å². The van der Waals surface area contributed by atoms with E-state index in [-0.39, 0.29) is 30.1 Å². The first-order valence-corrected chi connectivity index (χ1v) is 12.1. The van der Waals surface area contributed by atoms with Crippen LogP contribution in [-0.4, -0.2) is 49.0 Å². The Balaban J connectivity index is 1.42. The minimum atomic E-state index is -0.666. The fourth-order valence-corrected chi connectivity index (χ4v) is 6.00. The monoisotopic (exact) mass is 445 g/mol. The molecular weight excluding hydrogens is 409 g/mol. The summed E-state index contributed by atoms with van der Waals surface area (Å²) in [5.74, 6) is 0.0897. The molecule has 176 valence electrons. The number of fused-ring (bicyclic) bond motifs is 1. The summed E-state index contributed by atoms with van der Waals surface area (Å²) in [5, 5.41) is 0. The maximum Gasteiger partial charge on any atom is 0.244 e. The number of hydrogen-bond acceptors (Lipinski definition) is 4. The van der Waals surface area contributed by atoms with Crippen LogP contribution in [-0.2, 0) is 14.4 Å². The van der Waals surface area contributed by atoms with Gasteiger partial charge in [-0.3, -0.25) is 14.4 Å². The first-order valence-electron chi connectivity index (χ1n) is 12.1. The number of carbonyl (C=O) groups is 2. The summed E-state index contributed by atoms with van der Waals surface area (Å²) in [4.78, 5) is 34.6. The Morgan fingerprint density at radius 1 is 1.12 bits per heavy atom. The number of rotatable bonds is 6. The molecule has 1 atom stereocenters. The largest absolute Gasteiger partial charge is 0.308 e. The van der Waals surface area contributed by atoms with Gasteiger partial charge in [-0.25, -0.2) is 9.87 Å². The van der Waals surface area contributed by atoms with E-state index < -0.39 is 5.92 Å². The molecule has 2 amide bonds. The molecule has 2 fully saturated rings. The second kappa shape index (κ2) is 9.87. The highest BCUT2D eigenvalue weighted by Gasteiger charge is 2.43. The van der Waals surface area contributed by atoms with E-state index in [9.17, 15) is 14.0 Å². The van der Waals surface area contributed by atoms with Gasteiger partial charge in [0, 0.05) is 37.3 Å². The fourth-order valence-electron chi connectivity index (χ4n) is 6.00. The third-order valence-corrected chi connectivity index (χ3v) is 7.83. The second-order valence-corrected chi connectivity index (χ2v) is 9.98. The van der Waals surface area contributed by atoms with Crippen LogP contribution in [0.2, 0.25) is 0 Å². The maximum atomic E-state index is 14.0. The van der Waals surface area contributed by atoms with E-state index >= 15 is 0 Å². The molecule has 1 saturated carbocycles. The average molecular weight is 446 g/mol. The Bertz CT molecular complexity index is 830. The molecule has 1 aromatic carbocycles. The molecule has 7 heteroatoms. The number of hydrogen-bond donors (Lipinski definition) is 1. The predicted octanol–water partition coefficient (Wildman–Crippen LogP) is 4.00. The molecule has 0 spiro atoms. The minimum Gasteiger partial charge on any atom is -0.308 e. The van der Waals surface area contributed by atoms with Crippen molar-refractivity contribution in [3.05, 3.63) is 29.6 Å². The van der Waals surface area contributed by atoms with E-state index in [0.29, 0.717) is 11.6 Å². The first-order chi connectivity index (χ1) is 15.4. The molecule has 1 saturated heterocycles. The Labute approximate surface area is 190 Å². The highest BCUT2D eigenvalue weighted by molar-refractivity contribution is 6.07. The third-order valence-electron chi connectivity index (χ3n) is 7.83. The summed E-state index contributed by atoms with van der Waals surface area (Å²) in [6.07, 6.45) is 6.95. The zero-order chi connectivity index (χ0) is 22.8. The van der Waals surface area contributed by atoms with Gasteiger partial charge in [0.15, 0.2) is 0 Å². The average Bonchev–Trinajstić information content (AvgIpc) is 3.05. The highest BCUT2D eigenvalue weighted by atomic mass is 19.1. The van der Waals surface area contributed by atoms with Crippen LogP contribution in [0.4, 0.5) is 10.1 Å². The molecule has 0 radical (unpaired) electrons. The molecule has 1 aliphatic carbocycles. The first kappa shape index (κ1) is 23.2. The van der Waals surface area contributed by atoms with E-state index in [0.717, 1.165) is 43.5 Å². The quantitative estimate of drug-likeness (QED) is 0.673. The highest BCUT2D eigenvalue weighted by Crippen LogP contribution is 2.43. The van der Waals surface area contributed by atoms with Crippen molar-refractivity contribution in [2.45, 2.75) is 76.8 Å². The van der Waals surface area contributed by atoms with Crippen LogP contribution in [0.1, 0.15) is 70.3 Å². The van der Waals surface area contributed by atoms with Crippen molar-refractivity contribution in [2.75, 3.05) is 25.1 Å². The number of hydroxylamine groups is 1. The Morgan fingerprint density at radius 3 is 2.44 bits per heavy atom. The summed E-state index contributed by atoms with van der Waals surface area (Å²) in [6.45, 7) is 6.63. The number of amides is 2. The van der Waals surface area contributed by atoms with Gasteiger partial charge in [0.1, 0.15) is 5.82 Å². The van der Waals surface area contributed by atoms with E-state index in [4.69, 9.17) is 0 Å². The van der Waals surface area contributed by atoms with Gasteiger partial charge < -0.3 is 9.80 Å². The number of halogens is 1. The molecule has 4 rings (SSSR count). The molecule has 0 aromatic heterocycles. The van der Waals surface area contributed by atoms with Gasteiger partial charge in [-0.05, 0) is 74.1 Å². The SMILES string of the molecule is CONC(=O)CC1C(=O)N(C2CCN([C@H]3CC[C@@H](C(C)C)CC3)CC2)c2ccc(F)cc21. The molecule has 0 bridgehead atoms. The number of carbonyl (C=O) groups excluding carboxylic acids is 2. The van der Waals surface area contributed by atoms with E-state index in [1.54, 1.807) is 6.07 Å². The third kappa shape index (κ3) is 4.69.